The predicted octanol–water partition coefficient (Wildman–Crippen LogP) is 3.06. The summed E-state index contributed by atoms with van der Waals surface area (Å²) < 4.78 is 7.69. The number of tetrazole rings is 1. The summed E-state index contributed by atoms with van der Waals surface area (Å²) in [7, 11) is 1.85. The second kappa shape index (κ2) is 9.94. The standard InChI is InChI=1S/C19H23N5OS/c1-24-19(21-22-23-24)26-13-7-12-20-14-17-10-5-6-11-18(17)25-15-16-8-3-2-4-9-16/h2-6,8-11,20H,7,12-15H2,1H3. The van der Waals surface area contributed by atoms with Gasteiger partial charge in [0.1, 0.15) is 12.4 Å². The molecule has 0 aliphatic rings. The number of aromatic nitrogens is 4. The van der Waals surface area contributed by atoms with Crippen LogP contribution in [-0.4, -0.2) is 32.5 Å². The number of nitrogens with one attached hydrogen (secondary N) is 1. The predicted molar refractivity (Wildman–Crippen MR) is 103 cm³/mol. The molecule has 1 heterocycles. The van der Waals surface area contributed by atoms with Crippen LogP contribution < -0.4 is 10.1 Å². The summed E-state index contributed by atoms with van der Waals surface area (Å²) in [6.07, 6.45) is 1.05. The lowest BCUT2D eigenvalue weighted by Crippen LogP contribution is -2.16. The smallest absolute Gasteiger partial charge is 0.209 e. The molecule has 0 fully saturated rings. The van der Waals surface area contributed by atoms with Gasteiger partial charge in [0.15, 0.2) is 0 Å². The van der Waals surface area contributed by atoms with E-state index in [0.29, 0.717) is 6.61 Å². The third kappa shape index (κ3) is 5.57. The van der Waals surface area contributed by atoms with Crippen LogP contribution in [0.15, 0.2) is 59.8 Å². The minimum atomic E-state index is 0.584. The number of benzene rings is 2. The van der Waals surface area contributed by atoms with E-state index in [1.807, 2.05) is 43.4 Å². The van der Waals surface area contributed by atoms with Crippen molar-refractivity contribution in [2.24, 2.45) is 7.05 Å². The maximum absolute atomic E-state index is 5.99. The van der Waals surface area contributed by atoms with E-state index < -0.39 is 0 Å². The third-order valence-electron chi connectivity index (χ3n) is 3.84. The molecular weight excluding hydrogens is 346 g/mol. The second-order valence-corrected chi connectivity index (χ2v) is 6.91. The first-order valence-corrected chi connectivity index (χ1v) is 9.62. The molecule has 0 atom stereocenters. The Kier molecular flexibility index (Phi) is 7.04. The lowest BCUT2D eigenvalue weighted by Gasteiger charge is -2.12. The molecule has 1 N–H and O–H groups in total. The van der Waals surface area contributed by atoms with Gasteiger partial charge in [-0.15, -0.1) is 5.10 Å². The van der Waals surface area contributed by atoms with Crippen molar-refractivity contribution in [3.05, 3.63) is 65.7 Å². The molecule has 2 aromatic carbocycles. The minimum absolute atomic E-state index is 0.584. The van der Waals surface area contributed by atoms with Crippen LogP contribution in [0.2, 0.25) is 0 Å². The second-order valence-electron chi connectivity index (χ2n) is 5.85. The number of thioether (sulfide) groups is 1. The molecule has 3 aromatic rings. The number of hydrogen-bond donors (Lipinski definition) is 1. The van der Waals surface area contributed by atoms with Crippen LogP contribution in [0.25, 0.3) is 0 Å². The van der Waals surface area contributed by atoms with E-state index in [1.165, 1.54) is 11.1 Å². The molecule has 0 aliphatic carbocycles. The summed E-state index contributed by atoms with van der Waals surface area (Å²) in [6.45, 7) is 2.31. The highest BCUT2D eigenvalue weighted by Crippen LogP contribution is 2.19. The van der Waals surface area contributed by atoms with Crippen LogP contribution in [0, 0.1) is 0 Å². The fourth-order valence-electron chi connectivity index (χ4n) is 2.45. The molecular formula is C19H23N5OS. The summed E-state index contributed by atoms with van der Waals surface area (Å²) in [4.78, 5) is 0. The van der Waals surface area contributed by atoms with Crippen LogP contribution in [0.3, 0.4) is 0 Å². The van der Waals surface area contributed by atoms with E-state index in [2.05, 4.69) is 39.0 Å². The quantitative estimate of drug-likeness (QED) is 0.438. The van der Waals surface area contributed by atoms with Crippen molar-refractivity contribution in [2.45, 2.75) is 24.7 Å². The number of ether oxygens (including phenoxy) is 1. The van der Waals surface area contributed by atoms with E-state index >= 15 is 0 Å². The first kappa shape index (κ1) is 18.4. The van der Waals surface area contributed by atoms with Gasteiger partial charge in [0, 0.05) is 24.9 Å². The third-order valence-corrected chi connectivity index (χ3v) is 4.93. The van der Waals surface area contributed by atoms with Gasteiger partial charge in [-0.3, -0.25) is 0 Å². The van der Waals surface area contributed by atoms with Crippen molar-refractivity contribution in [2.75, 3.05) is 12.3 Å². The molecule has 3 rings (SSSR count). The fourth-order valence-corrected chi connectivity index (χ4v) is 3.24. The van der Waals surface area contributed by atoms with Crippen molar-refractivity contribution in [3.63, 3.8) is 0 Å². The Bertz CT molecular complexity index is 793. The number of aryl methyl sites for hydroxylation is 1. The molecule has 0 saturated heterocycles. The highest BCUT2D eigenvalue weighted by atomic mass is 32.2. The first-order valence-electron chi connectivity index (χ1n) is 8.63. The molecule has 1 aromatic heterocycles. The average molecular weight is 369 g/mol. The number of hydrogen-bond acceptors (Lipinski definition) is 6. The summed E-state index contributed by atoms with van der Waals surface area (Å²) in [6, 6.07) is 18.4. The zero-order chi connectivity index (χ0) is 18.0. The van der Waals surface area contributed by atoms with E-state index in [0.717, 1.165) is 36.2 Å². The lowest BCUT2D eigenvalue weighted by atomic mass is 10.2. The van der Waals surface area contributed by atoms with Gasteiger partial charge < -0.3 is 10.1 Å². The summed E-state index contributed by atoms with van der Waals surface area (Å²) >= 11 is 1.67. The van der Waals surface area contributed by atoms with Crippen molar-refractivity contribution in [1.82, 2.24) is 25.5 Å². The summed E-state index contributed by atoms with van der Waals surface area (Å²) in [5.74, 6) is 1.91. The van der Waals surface area contributed by atoms with Gasteiger partial charge >= 0.3 is 0 Å². The van der Waals surface area contributed by atoms with Crippen LogP contribution in [0.1, 0.15) is 17.5 Å². The summed E-state index contributed by atoms with van der Waals surface area (Å²) in [5.41, 5.74) is 2.35. The highest BCUT2D eigenvalue weighted by Gasteiger charge is 2.04. The molecule has 0 radical (unpaired) electrons. The van der Waals surface area contributed by atoms with E-state index in [1.54, 1.807) is 16.4 Å². The number of rotatable bonds is 10. The van der Waals surface area contributed by atoms with E-state index in [-0.39, 0.29) is 0 Å². The highest BCUT2D eigenvalue weighted by molar-refractivity contribution is 7.99. The van der Waals surface area contributed by atoms with Gasteiger partial charge in [0.05, 0.1) is 0 Å². The maximum Gasteiger partial charge on any atom is 0.209 e. The first-order chi connectivity index (χ1) is 12.8. The Balaban J connectivity index is 1.40. The average Bonchev–Trinajstić information content (AvgIpc) is 3.09. The number of nitrogens with zero attached hydrogens (tertiary/aromatic N) is 4. The Morgan fingerprint density at radius 1 is 1.08 bits per heavy atom. The largest absolute Gasteiger partial charge is 0.489 e. The van der Waals surface area contributed by atoms with Gasteiger partial charge in [-0.2, -0.15) is 0 Å². The van der Waals surface area contributed by atoms with Crippen LogP contribution >= 0.6 is 11.8 Å². The molecule has 7 heteroatoms. The van der Waals surface area contributed by atoms with Crippen molar-refractivity contribution in [3.8, 4) is 5.75 Å². The fraction of sp³-hybridized carbons (Fsp3) is 0.316. The SMILES string of the molecule is Cn1nnnc1SCCCNCc1ccccc1OCc1ccccc1. The zero-order valence-corrected chi connectivity index (χ0v) is 15.7. The molecule has 6 nitrogen and oxygen atoms in total. The molecule has 0 saturated carbocycles. The van der Waals surface area contributed by atoms with Gasteiger partial charge in [-0.25, -0.2) is 4.68 Å². The van der Waals surface area contributed by atoms with Crippen LogP contribution in [0.5, 0.6) is 5.75 Å². The monoisotopic (exact) mass is 369 g/mol. The normalized spacial score (nSPS) is 10.8. The van der Waals surface area contributed by atoms with Gasteiger partial charge in [-0.05, 0) is 35.0 Å². The Hall–Kier alpha value is -2.38. The molecule has 0 unspecified atom stereocenters. The van der Waals surface area contributed by atoms with Crippen molar-refractivity contribution < 1.29 is 4.74 Å². The molecule has 0 aliphatic heterocycles. The maximum atomic E-state index is 5.99. The topological polar surface area (TPSA) is 64.9 Å². The minimum Gasteiger partial charge on any atom is -0.489 e. The Morgan fingerprint density at radius 2 is 1.88 bits per heavy atom. The molecule has 0 bridgehead atoms. The van der Waals surface area contributed by atoms with Crippen molar-refractivity contribution in [1.29, 1.82) is 0 Å². The van der Waals surface area contributed by atoms with Crippen LogP contribution in [-0.2, 0) is 20.2 Å². The molecule has 0 spiro atoms. The van der Waals surface area contributed by atoms with E-state index in [4.69, 9.17) is 4.74 Å². The molecule has 0 amide bonds. The Morgan fingerprint density at radius 3 is 2.69 bits per heavy atom. The molecule has 26 heavy (non-hydrogen) atoms. The molecule has 136 valence electrons. The van der Waals surface area contributed by atoms with Crippen molar-refractivity contribution >= 4 is 11.8 Å². The zero-order valence-electron chi connectivity index (χ0n) is 14.8. The van der Waals surface area contributed by atoms with Crippen LogP contribution in [0.4, 0.5) is 0 Å². The van der Waals surface area contributed by atoms with Gasteiger partial charge in [0.25, 0.3) is 0 Å². The van der Waals surface area contributed by atoms with Gasteiger partial charge in [-0.1, -0.05) is 60.3 Å². The summed E-state index contributed by atoms with van der Waals surface area (Å²) in [5, 5.41) is 15.8. The Labute approximate surface area is 158 Å². The van der Waals surface area contributed by atoms with Gasteiger partial charge in [0.2, 0.25) is 5.16 Å². The van der Waals surface area contributed by atoms with E-state index in [9.17, 15) is 0 Å². The number of para-hydroxylation sites is 1. The lowest BCUT2D eigenvalue weighted by molar-refractivity contribution is 0.302.